The van der Waals surface area contributed by atoms with Crippen LogP contribution >= 0.6 is 0 Å². The van der Waals surface area contributed by atoms with Gasteiger partial charge in [-0.25, -0.2) is 0 Å². The number of hydrogen-bond acceptors (Lipinski definition) is 15. The molecule has 0 fully saturated rings. The molecule has 0 heterocycles. The second-order valence-electron chi connectivity index (χ2n) is 5.96. The van der Waals surface area contributed by atoms with Crippen molar-refractivity contribution >= 4 is 12.4 Å². The van der Waals surface area contributed by atoms with Crippen LogP contribution in [0.1, 0.15) is 25.0 Å². The Kier molecular flexibility index (Phi) is 29.2. The summed E-state index contributed by atoms with van der Waals surface area (Å²) in [6.45, 7) is 5.36. The van der Waals surface area contributed by atoms with Crippen LogP contribution in [0, 0.1) is 84.6 Å². The Hall–Kier alpha value is -3.64. The Morgan fingerprint density at radius 2 is 0.950 bits per heavy atom. The van der Waals surface area contributed by atoms with Crippen molar-refractivity contribution in [3.8, 4) is 23.0 Å². The third kappa shape index (κ3) is 24.7. The average molecular weight is 758 g/mol. The molecule has 2 rings (SSSR count). The van der Waals surface area contributed by atoms with Crippen molar-refractivity contribution in [3.63, 3.8) is 0 Å². The predicted molar refractivity (Wildman–Crippen MR) is 130 cm³/mol. The van der Waals surface area contributed by atoms with Gasteiger partial charge in [0, 0.05) is 51.0 Å². The fourth-order valence-corrected chi connectivity index (χ4v) is 2.25. The van der Waals surface area contributed by atoms with Crippen molar-refractivity contribution in [1.29, 1.82) is 0 Å². The van der Waals surface area contributed by atoms with Crippen LogP contribution in [0.3, 0.4) is 0 Å². The number of ether oxygens (including phenoxy) is 2. The molecule has 2 aromatic carbocycles. The van der Waals surface area contributed by atoms with Crippen LogP contribution in [0.5, 0.6) is 23.0 Å². The van der Waals surface area contributed by atoms with Crippen LogP contribution < -0.4 is 19.7 Å². The molecule has 20 heteroatoms. The Balaban J connectivity index is -0.000000392. The SMILES string of the molecule is CCOc1cccc(C=NCCN=Cc2cccc(OCC)c2[O-])c1[O-].O=[N+]([O-])[O-].O=[N+]([O-])[O-].O=[N+]([O-])[O-].[Ni+3].[Tb]. The van der Waals surface area contributed by atoms with Crippen molar-refractivity contribution < 1.29 is 90.0 Å². The standard InChI is InChI=1S/C20H24N2O4.3NO3.Ni.Tb/c1-3-25-17-9-5-7-15(19(17)23)13-21-11-12-22-14-16-8-6-10-18(20(16)24)26-4-2;3*2-1(3)4;;/h5-10,13-14,23-24H,3-4,11-12H2,1-2H3;;;;;/q;3*-1;+3;/p-2. The van der Waals surface area contributed by atoms with Gasteiger partial charge in [-0.1, -0.05) is 35.8 Å². The molecule has 40 heavy (non-hydrogen) atoms. The van der Waals surface area contributed by atoms with E-state index < -0.39 is 15.3 Å². The van der Waals surface area contributed by atoms with Crippen molar-refractivity contribution in [2.45, 2.75) is 13.8 Å². The third-order valence-electron chi connectivity index (χ3n) is 3.44. The van der Waals surface area contributed by atoms with Crippen LogP contribution in [0.15, 0.2) is 46.4 Å². The maximum absolute atomic E-state index is 12.1. The van der Waals surface area contributed by atoms with Crippen molar-refractivity contribution in [3.05, 3.63) is 93.5 Å². The molecule has 2 aromatic rings. The van der Waals surface area contributed by atoms with Crippen LogP contribution in [-0.4, -0.2) is 54.0 Å². The van der Waals surface area contributed by atoms with Gasteiger partial charge in [-0.3, -0.25) is 9.98 Å². The van der Waals surface area contributed by atoms with Gasteiger partial charge in [0.2, 0.25) is 0 Å². The Labute approximate surface area is 267 Å². The minimum atomic E-state index is -1.75. The maximum Gasteiger partial charge on any atom is 3.00 e. The van der Waals surface area contributed by atoms with E-state index in [4.69, 9.17) is 55.4 Å². The molecule has 0 unspecified atom stereocenters. The topological polar surface area (TPSA) is 288 Å². The van der Waals surface area contributed by atoms with Gasteiger partial charge < -0.3 is 65.7 Å². The monoisotopic (exact) mass is 757 g/mol. The summed E-state index contributed by atoms with van der Waals surface area (Å²) in [4.78, 5) is 33.2. The normalized spacial score (nSPS) is 9.15. The zero-order valence-electron chi connectivity index (χ0n) is 20.6. The zero-order chi connectivity index (χ0) is 29.5. The summed E-state index contributed by atoms with van der Waals surface area (Å²) in [6.07, 6.45) is 3.05. The molecule has 0 aliphatic carbocycles. The van der Waals surface area contributed by atoms with E-state index in [9.17, 15) is 10.2 Å². The molecule has 2 radical (unpaired) electrons. The van der Waals surface area contributed by atoms with E-state index in [1.54, 1.807) is 36.4 Å². The van der Waals surface area contributed by atoms with Gasteiger partial charge in [-0.2, -0.15) is 0 Å². The number of rotatable bonds is 9. The molecule has 0 atom stereocenters. The molecule has 0 aliphatic heterocycles. The summed E-state index contributed by atoms with van der Waals surface area (Å²) in [7, 11) is 0. The molecular formula is C20H22N5NiO13Tb-2. The number of benzene rings is 2. The molecule has 0 N–H and O–H groups in total. The van der Waals surface area contributed by atoms with E-state index in [0.29, 0.717) is 48.9 Å². The number of para-hydroxylation sites is 2. The fraction of sp³-hybridized carbons (Fsp3) is 0.300. The first kappa shape index (κ1) is 43.4. The summed E-state index contributed by atoms with van der Waals surface area (Å²) in [6, 6.07) is 10.2. The smallest absolute Gasteiger partial charge is 0.870 e. The summed E-state index contributed by atoms with van der Waals surface area (Å²) in [5, 5.41) is 68.4. The summed E-state index contributed by atoms with van der Waals surface area (Å²) >= 11 is 0. The molecule has 0 aliphatic rings. The largest absolute Gasteiger partial charge is 3.00 e. The molecule has 0 amide bonds. The maximum atomic E-state index is 12.1. The minimum Gasteiger partial charge on any atom is -0.870 e. The Morgan fingerprint density at radius 1 is 0.675 bits per heavy atom. The molecule has 226 valence electrons. The zero-order valence-corrected chi connectivity index (χ0v) is 23.8. The number of nitrogens with zero attached hydrogens (tertiary/aromatic N) is 5. The molecule has 0 saturated heterocycles. The molecule has 0 saturated carbocycles. The number of hydrogen-bond donors (Lipinski definition) is 0. The van der Waals surface area contributed by atoms with Gasteiger partial charge in [-0.15, -0.1) is 0 Å². The van der Waals surface area contributed by atoms with Gasteiger partial charge in [-0.05, 0) is 37.1 Å². The first-order valence-corrected chi connectivity index (χ1v) is 10.2. The molecule has 0 aromatic heterocycles. The van der Waals surface area contributed by atoms with Gasteiger partial charge in [0.05, 0.1) is 41.6 Å². The predicted octanol–water partition coefficient (Wildman–Crippen LogP) is 1.45. The van der Waals surface area contributed by atoms with Gasteiger partial charge in [0.15, 0.2) is 0 Å². The van der Waals surface area contributed by atoms with Crippen LogP contribution in [0.25, 0.3) is 0 Å². The summed E-state index contributed by atoms with van der Waals surface area (Å²) < 4.78 is 10.5. The van der Waals surface area contributed by atoms with E-state index in [0.717, 1.165) is 0 Å². The number of aliphatic imine (C=N–C) groups is 2. The average Bonchev–Trinajstić information content (AvgIpc) is 2.80. The van der Waals surface area contributed by atoms with E-state index in [2.05, 4.69) is 9.98 Å². The summed E-state index contributed by atoms with van der Waals surface area (Å²) in [5.41, 5.74) is 0.956. The molecular weight excluding hydrogens is 736 g/mol. The third-order valence-corrected chi connectivity index (χ3v) is 3.44. The second-order valence-corrected chi connectivity index (χ2v) is 5.96. The molecule has 0 bridgehead atoms. The van der Waals surface area contributed by atoms with Crippen LogP contribution in [-0.2, 0) is 16.5 Å². The van der Waals surface area contributed by atoms with Crippen LogP contribution in [0.4, 0.5) is 0 Å². The van der Waals surface area contributed by atoms with Gasteiger partial charge >= 0.3 is 16.5 Å². The van der Waals surface area contributed by atoms with E-state index >= 15 is 0 Å². The van der Waals surface area contributed by atoms with Gasteiger partial charge in [0.1, 0.15) is 11.5 Å². The molecule has 0 spiro atoms. The molecule has 18 nitrogen and oxygen atoms in total. The van der Waals surface area contributed by atoms with Crippen molar-refractivity contribution in [1.82, 2.24) is 0 Å². The first-order valence-electron chi connectivity index (χ1n) is 10.2. The van der Waals surface area contributed by atoms with E-state index in [1.165, 1.54) is 12.4 Å². The Morgan fingerprint density at radius 3 is 1.20 bits per heavy atom. The first-order chi connectivity index (χ1) is 17.9. The van der Waals surface area contributed by atoms with Crippen LogP contribution in [0.2, 0.25) is 0 Å². The van der Waals surface area contributed by atoms with Crippen molar-refractivity contribution in [2.24, 2.45) is 9.98 Å². The van der Waals surface area contributed by atoms with E-state index in [1.807, 2.05) is 13.8 Å². The fourth-order valence-electron chi connectivity index (χ4n) is 2.25. The van der Waals surface area contributed by atoms with E-state index in [-0.39, 0.29) is 66.6 Å². The second kappa shape index (κ2) is 26.9. The van der Waals surface area contributed by atoms with Crippen molar-refractivity contribution in [2.75, 3.05) is 26.3 Å². The minimum absolute atomic E-state index is 0. The quantitative estimate of drug-likeness (QED) is 0.115. The van der Waals surface area contributed by atoms with Gasteiger partial charge in [0.25, 0.3) is 0 Å². The summed E-state index contributed by atoms with van der Waals surface area (Å²) in [5.74, 6) is 0.300. The Bertz CT molecular complexity index is 971.